The minimum Gasteiger partial charge on any atom is -0.489 e. The topological polar surface area (TPSA) is 56.1 Å². The fraction of sp³-hybridized carbons (Fsp3) is 0.167. The average molecular weight is 452 g/mol. The van der Waals surface area contributed by atoms with E-state index in [1.807, 2.05) is 61.7 Å². The van der Waals surface area contributed by atoms with Crippen molar-refractivity contribution in [3.05, 3.63) is 98.5 Å². The number of aryl methyl sites for hydroxylation is 2. The van der Waals surface area contributed by atoms with Crippen LogP contribution in [0, 0.1) is 13.8 Å². The molecule has 0 fully saturated rings. The van der Waals surface area contributed by atoms with Crippen LogP contribution in [-0.4, -0.2) is 15.7 Å². The zero-order valence-electron chi connectivity index (χ0n) is 17.3. The van der Waals surface area contributed by atoms with Crippen molar-refractivity contribution in [2.75, 3.05) is 5.32 Å². The molecule has 0 unspecified atom stereocenters. The third-order valence-electron chi connectivity index (χ3n) is 4.66. The Kier molecular flexibility index (Phi) is 6.39. The number of carbonyl (C=O) groups excluding carboxylic acids is 1. The lowest BCUT2D eigenvalue weighted by Crippen LogP contribution is -2.09. The van der Waals surface area contributed by atoms with Crippen LogP contribution in [0.1, 0.15) is 31.9 Å². The second-order valence-corrected chi connectivity index (χ2v) is 8.72. The maximum atomic E-state index is 12.6. The molecule has 2 aromatic heterocycles. The SMILES string of the molecule is Cc1cc(C)cc(OCc2csc(C(=O)Nc3cnn(Cc4ccccc4Cl)c3)c2)c1. The highest BCUT2D eigenvalue weighted by Gasteiger charge is 2.12. The minimum absolute atomic E-state index is 0.167. The van der Waals surface area contributed by atoms with Crippen LogP contribution in [0.25, 0.3) is 0 Å². The van der Waals surface area contributed by atoms with Crippen LogP contribution in [0.2, 0.25) is 5.02 Å². The Bertz CT molecular complexity index is 1190. The Morgan fingerprint density at radius 3 is 2.71 bits per heavy atom. The molecule has 0 spiro atoms. The third kappa shape index (κ3) is 5.54. The fourth-order valence-corrected chi connectivity index (χ4v) is 4.25. The lowest BCUT2D eigenvalue weighted by atomic mass is 10.1. The van der Waals surface area contributed by atoms with E-state index in [1.54, 1.807) is 17.1 Å². The van der Waals surface area contributed by atoms with Gasteiger partial charge in [-0.25, -0.2) is 0 Å². The molecule has 0 saturated carbocycles. The first-order chi connectivity index (χ1) is 15.0. The van der Waals surface area contributed by atoms with Crippen molar-refractivity contribution in [1.82, 2.24) is 9.78 Å². The molecule has 4 rings (SSSR count). The monoisotopic (exact) mass is 451 g/mol. The van der Waals surface area contributed by atoms with Crippen molar-refractivity contribution in [2.24, 2.45) is 0 Å². The van der Waals surface area contributed by atoms with Gasteiger partial charge in [-0.2, -0.15) is 5.10 Å². The first-order valence-electron chi connectivity index (χ1n) is 9.82. The maximum Gasteiger partial charge on any atom is 0.265 e. The number of hydrogen-bond acceptors (Lipinski definition) is 4. The largest absolute Gasteiger partial charge is 0.489 e. The molecule has 2 aromatic carbocycles. The number of ether oxygens (including phenoxy) is 1. The number of amides is 1. The van der Waals surface area contributed by atoms with Gasteiger partial charge in [0, 0.05) is 16.8 Å². The number of carbonyl (C=O) groups is 1. The van der Waals surface area contributed by atoms with Gasteiger partial charge in [-0.05, 0) is 60.2 Å². The normalized spacial score (nSPS) is 10.8. The molecule has 0 saturated heterocycles. The summed E-state index contributed by atoms with van der Waals surface area (Å²) < 4.78 is 7.63. The van der Waals surface area contributed by atoms with Gasteiger partial charge >= 0.3 is 0 Å². The molecule has 7 heteroatoms. The van der Waals surface area contributed by atoms with E-state index in [1.165, 1.54) is 11.3 Å². The number of halogens is 1. The molecule has 0 bridgehead atoms. The maximum absolute atomic E-state index is 12.6. The molecule has 4 aromatic rings. The van der Waals surface area contributed by atoms with E-state index < -0.39 is 0 Å². The number of nitrogens with zero attached hydrogens (tertiary/aromatic N) is 2. The summed E-state index contributed by atoms with van der Waals surface area (Å²) in [5.74, 6) is 0.667. The number of nitrogens with one attached hydrogen (secondary N) is 1. The second kappa shape index (κ2) is 9.37. The summed E-state index contributed by atoms with van der Waals surface area (Å²) in [6.07, 6.45) is 3.42. The minimum atomic E-state index is -0.167. The highest BCUT2D eigenvalue weighted by molar-refractivity contribution is 7.12. The number of aromatic nitrogens is 2. The van der Waals surface area contributed by atoms with E-state index >= 15 is 0 Å². The molecular weight excluding hydrogens is 430 g/mol. The van der Waals surface area contributed by atoms with Gasteiger partial charge in [0.25, 0.3) is 5.91 Å². The number of thiophene rings is 1. The molecule has 0 atom stereocenters. The molecule has 5 nitrogen and oxygen atoms in total. The number of hydrogen-bond donors (Lipinski definition) is 1. The molecule has 0 aliphatic heterocycles. The van der Waals surface area contributed by atoms with Crippen molar-refractivity contribution in [1.29, 1.82) is 0 Å². The van der Waals surface area contributed by atoms with Gasteiger partial charge in [0.1, 0.15) is 12.4 Å². The van der Waals surface area contributed by atoms with Gasteiger partial charge in [0.15, 0.2) is 0 Å². The molecule has 0 aliphatic carbocycles. The Hall–Kier alpha value is -3.09. The Labute approximate surface area is 190 Å². The van der Waals surface area contributed by atoms with Crippen molar-refractivity contribution in [2.45, 2.75) is 27.0 Å². The summed E-state index contributed by atoms with van der Waals surface area (Å²) in [6, 6.07) is 15.6. The van der Waals surface area contributed by atoms with Crippen LogP contribution < -0.4 is 10.1 Å². The van der Waals surface area contributed by atoms with Crippen LogP contribution in [0.3, 0.4) is 0 Å². The third-order valence-corrected chi connectivity index (χ3v) is 6.01. The van der Waals surface area contributed by atoms with Crippen molar-refractivity contribution in [3.63, 3.8) is 0 Å². The van der Waals surface area contributed by atoms with Gasteiger partial charge in [-0.1, -0.05) is 35.9 Å². The molecule has 1 amide bonds. The summed E-state index contributed by atoms with van der Waals surface area (Å²) >= 11 is 7.60. The first kappa shape index (κ1) is 21.2. The van der Waals surface area contributed by atoms with Gasteiger partial charge in [0.2, 0.25) is 0 Å². The molecular formula is C24H22ClN3O2S. The standard InChI is InChI=1S/C24H22ClN3O2S/c1-16-7-17(2)9-21(8-16)30-14-18-10-23(31-15-18)24(29)27-20-11-26-28(13-20)12-19-5-3-4-6-22(19)25/h3-11,13,15H,12,14H2,1-2H3,(H,27,29). The Balaban J connectivity index is 1.35. The Morgan fingerprint density at radius 2 is 1.94 bits per heavy atom. The quantitative estimate of drug-likeness (QED) is 0.369. The fourth-order valence-electron chi connectivity index (χ4n) is 3.26. The summed E-state index contributed by atoms with van der Waals surface area (Å²) in [5.41, 5.74) is 4.89. The molecule has 158 valence electrons. The van der Waals surface area contributed by atoms with Crippen molar-refractivity contribution >= 4 is 34.5 Å². The predicted octanol–water partition coefficient (Wildman–Crippen LogP) is 6.09. The summed E-state index contributed by atoms with van der Waals surface area (Å²) in [7, 11) is 0. The predicted molar refractivity (Wildman–Crippen MR) is 125 cm³/mol. The first-order valence-corrected chi connectivity index (χ1v) is 11.1. The van der Waals surface area contributed by atoms with Crippen LogP contribution in [-0.2, 0) is 13.2 Å². The van der Waals surface area contributed by atoms with Crippen LogP contribution in [0.4, 0.5) is 5.69 Å². The lowest BCUT2D eigenvalue weighted by molar-refractivity contribution is 0.103. The molecule has 1 N–H and O–H groups in total. The summed E-state index contributed by atoms with van der Waals surface area (Å²) in [4.78, 5) is 13.2. The van der Waals surface area contributed by atoms with Crippen molar-refractivity contribution < 1.29 is 9.53 Å². The number of rotatable bonds is 7. The smallest absolute Gasteiger partial charge is 0.265 e. The molecule has 0 aliphatic rings. The highest BCUT2D eigenvalue weighted by atomic mass is 35.5. The average Bonchev–Trinajstić information content (AvgIpc) is 3.37. The number of anilines is 1. The van der Waals surface area contributed by atoms with E-state index in [-0.39, 0.29) is 5.91 Å². The van der Waals surface area contributed by atoms with E-state index in [2.05, 4.69) is 16.5 Å². The number of benzene rings is 2. The lowest BCUT2D eigenvalue weighted by Gasteiger charge is -2.07. The van der Waals surface area contributed by atoms with Gasteiger partial charge in [-0.15, -0.1) is 11.3 Å². The van der Waals surface area contributed by atoms with Crippen LogP contribution >= 0.6 is 22.9 Å². The van der Waals surface area contributed by atoms with E-state index in [9.17, 15) is 4.79 Å². The Morgan fingerprint density at radius 1 is 1.16 bits per heavy atom. The second-order valence-electron chi connectivity index (χ2n) is 7.40. The van der Waals surface area contributed by atoms with Crippen LogP contribution in [0.5, 0.6) is 5.75 Å². The van der Waals surface area contributed by atoms with Gasteiger partial charge < -0.3 is 10.1 Å². The molecule has 2 heterocycles. The van der Waals surface area contributed by atoms with Crippen molar-refractivity contribution in [3.8, 4) is 5.75 Å². The molecule has 31 heavy (non-hydrogen) atoms. The van der Waals surface area contributed by atoms with Gasteiger partial charge in [-0.3, -0.25) is 9.48 Å². The summed E-state index contributed by atoms with van der Waals surface area (Å²) in [5, 5.41) is 9.84. The molecule has 0 radical (unpaired) electrons. The van der Waals surface area contributed by atoms with E-state index in [4.69, 9.17) is 16.3 Å². The van der Waals surface area contributed by atoms with Crippen LogP contribution in [0.15, 0.2) is 66.3 Å². The summed E-state index contributed by atoms with van der Waals surface area (Å²) in [6.45, 7) is 5.05. The van der Waals surface area contributed by atoms with Gasteiger partial charge in [0.05, 0.1) is 23.3 Å². The zero-order valence-corrected chi connectivity index (χ0v) is 18.8. The highest BCUT2D eigenvalue weighted by Crippen LogP contribution is 2.21. The van der Waals surface area contributed by atoms with E-state index in [0.717, 1.165) is 28.0 Å². The zero-order chi connectivity index (χ0) is 21.8. The van der Waals surface area contributed by atoms with E-state index in [0.29, 0.717) is 28.7 Å².